The molecule has 8 aromatic carbocycles. The van der Waals surface area contributed by atoms with Crippen molar-refractivity contribution in [1.82, 2.24) is 15.0 Å². The monoisotopic (exact) mass is 848 g/mol. The predicted molar refractivity (Wildman–Crippen MR) is 270 cm³/mol. The zero-order valence-corrected chi connectivity index (χ0v) is 37.2. The molecule has 11 rings (SSSR count). The van der Waals surface area contributed by atoms with E-state index in [9.17, 15) is 5.26 Å². The van der Waals surface area contributed by atoms with Gasteiger partial charge in [-0.1, -0.05) is 163 Å². The van der Waals surface area contributed by atoms with Crippen LogP contribution < -0.4 is 9.80 Å². The Hall–Kier alpha value is -8.66. The van der Waals surface area contributed by atoms with E-state index >= 15 is 0 Å². The Balaban J connectivity index is 1.18. The van der Waals surface area contributed by atoms with Crippen LogP contribution >= 0.6 is 0 Å². The number of nitriles is 1. The molecule has 3 heterocycles. The Morgan fingerprint density at radius 2 is 0.727 bits per heavy atom. The number of hydrogen-bond acceptors (Lipinski definition) is 6. The molecule has 1 aromatic heterocycles. The second-order valence-corrected chi connectivity index (χ2v) is 17.1. The van der Waals surface area contributed by atoms with Gasteiger partial charge in [0.15, 0.2) is 17.5 Å². The summed E-state index contributed by atoms with van der Waals surface area (Å²) in [6.07, 6.45) is 0. The fourth-order valence-corrected chi connectivity index (χ4v) is 9.75. The summed E-state index contributed by atoms with van der Waals surface area (Å²) in [7, 11) is 0. The maximum Gasteiger partial charge on any atom is 0.166 e. The average molecular weight is 849 g/mol. The summed E-state index contributed by atoms with van der Waals surface area (Å²) >= 11 is 0. The Morgan fingerprint density at radius 1 is 0.348 bits per heavy atom. The van der Waals surface area contributed by atoms with Gasteiger partial charge in [0.25, 0.3) is 0 Å². The number of aromatic nitrogens is 3. The second-order valence-electron chi connectivity index (χ2n) is 17.1. The van der Waals surface area contributed by atoms with E-state index < -0.39 is 0 Å². The minimum absolute atomic E-state index is 0.540. The fraction of sp³-hybridized carbons (Fsp3) is 0.0667. The molecule has 2 aliphatic heterocycles. The topological polar surface area (TPSA) is 68.9 Å². The second kappa shape index (κ2) is 16.5. The van der Waals surface area contributed by atoms with Crippen molar-refractivity contribution in [1.29, 1.82) is 5.26 Å². The number of fused-ring (bicyclic) bond motifs is 4. The molecule has 0 spiro atoms. The van der Waals surface area contributed by atoms with Gasteiger partial charge >= 0.3 is 0 Å². The van der Waals surface area contributed by atoms with Gasteiger partial charge in [-0.15, -0.1) is 0 Å². The van der Waals surface area contributed by atoms with Gasteiger partial charge in [-0.25, -0.2) is 15.0 Å². The van der Waals surface area contributed by atoms with Crippen LogP contribution in [0.15, 0.2) is 205 Å². The molecular formula is C60H44N6. The van der Waals surface area contributed by atoms with Crippen LogP contribution in [0.3, 0.4) is 0 Å². The van der Waals surface area contributed by atoms with Gasteiger partial charge in [-0.05, 0) is 86.9 Å². The number of para-hydroxylation sites is 4. The van der Waals surface area contributed by atoms with Crippen molar-refractivity contribution in [2.45, 2.75) is 27.7 Å². The van der Waals surface area contributed by atoms with E-state index in [1.54, 1.807) is 0 Å². The number of benzene rings is 8. The van der Waals surface area contributed by atoms with E-state index in [1.807, 2.05) is 60.7 Å². The summed E-state index contributed by atoms with van der Waals surface area (Å²) in [4.78, 5) is 20.2. The summed E-state index contributed by atoms with van der Waals surface area (Å²) < 4.78 is 0. The first-order valence-corrected chi connectivity index (χ1v) is 22.3. The number of rotatable bonds is 6. The van der Waals surface area contributed by atoms with Crippen LogP contribution in [-0.2, 0) is 0 Å². The SMILES string of the molecule is CC(C)=C1c2ccccc2N(c2cc(-c3cccc(N4c5ccccc5C(=C(C)C)c5ccccc54)c3C#N)ccc2-c2nc(-c3ccccc3)nc(-c3ccccc3)n2)c2ccccc21. The lowest BCUT2D eigenvalue weighted by Gasteiger charge is -2.37. The zero-order valence-electron chi connectivity index (χ0n) is 37.2. The highest BCUT2D eigenvalue weighted by Gasteiger charge is 2.33. The normalized spacial score (nSPS) is 12.4. The van der Waals surface area contributed by atoms with Gasteiger partial charge < -0.3 is 9.80 Å². The fourth-order valence-electron chi connectivity index (χ4n) is 9.75. The van der Waals surface area contributed by atoms with Crippen LogP contribution in [0.2, 0.25) is 0 Å². The van der Waals surface area contributed by atoms with Crippen molar-refractivity contribution >= 4 is 45.3 Å². The van der Waals surface area contributed by atoms with Gasteiger partial charge in [-0.2, -0.15) is 5.26 Å². The highest BCUT2D eigenvalue weighted by Crippen LogP contribution is 2.54. The molecule has 0 bridgehead atoms. The van der Waals surface area contributed by atoms with Crippen LogP contribution in [0.1, 0.15) is 55.5 Å². The molecule has 0 aliphatic carbocycles. The molecule has 0 amide bonds. The minimum atomic E-state index is 0.540. The van der Waals surface area contributed by atoms with Crippen LogP contribution in [0.25, 0.3) is 56.4 Å². The van der Waals surface area contributed by atoms with Crippen molar-refractivity contribution in [3.05, 3.63) is 233 Å². The highest BCUT2D eigenvalue weighted by atomic mass is 15.2. The Labute approximate surface area is 385 Å². The molecule has 0 fully saturated rings. The van der Waals surface area contributed by atoms with Gasteiger partial charge in [0, 0.05) is 44.5 Å². The lowest BCUT2D eigenvalue weighted by atomic mass is 9.86. The molecule has 314 valence electrons. The van der Waals surface area contributed by atoms with E-state index in [1.165, 1.54) is 22.3 Å². The third kappa shape index (κ3) is 6.69. The molecule has 0 saturated heterocycles. The maximum atomic E-state index is 11.4. The first kappa shape index (κ1) is 40.1. The van der Waals surface area contributed by atoms with E-state index in [-0.39, 0.29) is 0 Å². The molecule has 6 heteroatoms. The van der Waals surface area contributed by atoms with Gasteiger partial charge in [0.2, 0.25) is 0 Å². The molecule has 0 radical (unpaired) electrons. The molecule has 6 nitrogen and oxygen atoms in total. The third-order valence-electron chi connectivity index (χ3n) is 12.5. The Bertz CT molecular complexity index is 3320. The first-order valence-electron chi connectivity index (χ1n) is 22.3. The van der Waals surface area contributed by atoms with Crippen LogP contribution in [0.4, 0.5) is 34.1 Å². The predicted octanol–water partition coefficient (Wildman–Crippen LogP) is 15.7. The highest BCUT2D eigenvalue weighted by molar-refractivity contribution is 6.05. The lowest BCUT2D eigenvalue weighted by molar-refractivity contribution is 1.07. The molecule has 0 atom stereocenters. The standard InChI is InChI=1S/C60H44N6/c1-38(2)56-44-24-11-15-29-50(44)65(51-30-16-12-25-45(51)56)54-33-19-28-43(49(54)37-61)42-34-35-48(60-63-58(40-20-7-5-8-21-40)62-59(64-60)41-22-9-6-10-23-41)55(36-42)66-52-31-17-13-26-46(52)57(39(3)4)47-27-14-18-32-53(47)66/h5-36H,1-4H3. The zero-order chi connectivity index (χ0) is 44.9. The van der Waals surface area contributed by atoms with E-state index in [0.29, 0.717) is 23.0 Å². The number of hydrogen-bond donors (Lipinski definition) is 0. The summed E-state index contributed by atoms with van der Waals surface area (Å²) in [6, 6.07) is 69.7. The Kier molecular flexibility index (Phi) is 10.0. The third-order valence-corrected chi connectivity index (χ3v) is 12.5. The first-order chi connectivity index (χ1) is 32.4. The smallest absolute Gasteiger partial charge is 0.166 e. The molecular weight excluding hydrogens is 805 g/mol. The van der Waals surface area contributed by atoms with Crippen molar-refractivity contribution in [2.24, 2.45) is 0 Å². The molecule has 2 aliphatic rings. The molecule has 66 heavy (non-hydrogen) atoms. The van der Waals surface area contributed by atoms with Crippen molar-refractivity contribution < 1.29 is 0 Å². The lowest BCUT2D eigenvalue weighted by Crippen LogP contribution is -2.20. The van der Waals surface area contributed by atoms with Crippen molar-refractivity contribution in [3.63, 3.8) is 0 Å². The van der Waals surface area contributed by atoms with Crippen LogP contribution in [-0.4, -0.2) is 15.0 Å². The quantitative estimate of drug-likeness (QED) is 0.166. The van der Waals surface area contributed by atoms with E-state index in [4.69, 9.17) is 15.0 Å². The largest absolute Gasteiger partial charge is 0.308 e. The van der Waals surface area contributed by atoms with E-state index in [0.717, 1.165) is 84.2 Å². The summed E-state index contributed by atoms with van der Waals surface area (Å²) in [5, 5.41) is 11.4. The molecule has 0 unspecified atom stereocenters. The summed E-state index contributed by atoms with van der Waals surface area (Å²) in [6.45, 7) is 8.70. The van der Waals surface area contributed by atoms with Gasteiger partial charge in [0.05, 0.1) is 39.7 Å². The maximum absolute atomic E-state index is 11.4. The average Bonchev–Trinajstić information content (AvgIpc) is 3.36. The van der Waals surface area contributed by atoms with Crippen molar-refractivity contribution in [3.8, 4) is 51.4 Å². The van der Waals surface area contributed by atoms with Crippen molar-refractivity contribution in [2.75, 3.05) is 9.80 Å². The van der Waals surface area contributed by atoms with Gasteiger partial charge in [0.1, 0.15) is 6.07 Å². The van der Waals surface area contributed by atoms with Crippen LogP contribution in [0.5, 0.6) is 0 Å². The van der Waals surface area contributed by atoms with Crippen LogP contribution in [0, 0.1) is 11.3 Å². The Morgan fingerprint density at radius 3 is 1.17 bits per heavy atom. The van der Waals surface area contributed by atoms with Gasteiger partial charge in [-0.3, -0.25) is 0 Å². The summed E-state index contributed by atoms with van der Waals surface area (Å²) in [5.74, 6) is 1.70. The molecule has 0 saturated carbocycles. The summed E-state index contributed by atoms with van der Waals surface area (Å²) in [5.41, 5.74) is 20.2. The number of nitrogens with zero attached hydrogens (tertiary/aromatic N) is 6. The van der Waals surface area contributed by atoms with E-state index in [2.05, 4.69) is 177 Å². The minimum Gasteiger partial charge on any atom is -0.308 e. The molecule has 0 N–H and O–H groups in total. The number of allylic oxidation sites excluding steroid dienone is 2. The number of anilines is 6. The molecule has 9 aromatic rings.